The van der Waals surface area contributed by atoms with Gasteiger partial charge in [0.05, 0.1) is 23.9 Å². The zero-order chi connectivity index (χ0) is 30.7. The Bertz CT molecular complexity index is 1450. The minimum atomic E-state index is -0.356. The largest absolute Gasteiger partial charge is 0.494 e. The number of hydrogen-bond acceptors (Lipinski definition) is 9. The van der Waals surface area contributed by atoms with Gasteiger partial charge in [-0.25, -0.2) is 4.98 Å². The number of benzene rings is 2. The number of hydrogen-bond donors (Lipinski definition) is 2. The monoisotopic (exact) mass is 625 g/mol. The van der Waals surface area contributed by atoms with Crippen LogP contribution in [0.1, 0.15) is 38.5 Å². The Morgan fingerprint density at radius 3 is 2.42 bits per heavy atom. The summed E-state index contributed by atoms with van der Waals surface area (Å²) in [5, 5.41) is 20.3. The first-order chi connectivity index (χ1) is 20.6. The third kappa shape index (κ3) is 6.97. The number of anilines is 5. The van der Waals surface area contributed by atoms with Gasteiger partial charge < -0.3 is 25.2 Å². The molecule has 0 bridgehead atoms. The molecule has 1 saturated carbocycles. The molecule has 10 nitrogen and oxygen atoms in total. The van der Waals surface area contributed by atoms with E-state index in [1.807, 2.05) is 18.2 Å². The molecule has 2 fully saturated rings. The number of piperidine rings is 1. The van der Waals surface area contributed by atoms with Gasteiger partial charge in [-0.05, 0) is 82.7 Å². The second-order valence-electron chi connectivity index (χ2n) is 12.0. The van der Waals surface area contributed by atoms with Crippen molar-refractivity contribution in [2.24, 2.45) is 5.41 Å². The van der Waals surface area contributed by atoms with Crippen LogP contribution in [0.25, 0.3) is 0 Å². The summed E-state index contributed by atoms with van der Waals surface area (Å²) in [6.07, 6.45) is 8.48. The van der Waals surface area contributed by atoms with Crippen molar-refractivity contribution >= 4 is 59.3 Å². The average Bonchev–Trinajstić information content (AvgIpc) is 2.99. The molecule has 1 spiro atoms. The quantitative estimate of drug-likeness (QED) is 0.148. The maximum absolute atomic E-state index is 12.3. The minimum absolute atomic E-state index is 0.0241. The summed E-state index contributed by atoms with van der Waals surface area (Å²) >= 11 is 6.46. The lowest BCUT2D eigenvalue weighted by molar-refractivity contribution is -0.384. The number of ether oxygens (including phenoxy) is 1. The highest BCUT2D eigenvalue weighted by atomic mass is 35.5. The van der Waals surface area contributed by atoms with E-state index in [0.29, 0.717) is 39.4 Å². The van der Waals surface area contributed by atoms with Crippen molar-refractivity contribution in [2.45, 2.75) is 44.6 Å². The van der Waals surface area contributed by atoms with Gasteiger partial charge in [0.15, 0.2) is 5.82 Å². The standard InChI is InChI=1S/C31H41ClN7O3P/c1-37(2)21-10-12-31(13-11-21)14-16-38(17-15-31)25-19-27(42-3)24(18-26(25)39(40)41)35-30-33-20-22(32)29(36-30)34-23-8-6-7-9-28(23)43(4)5/h6-9,18-21H,10-17H2,1-5H3,(H2,33,34,35,36). The molecular weight excluding hydrogens is 585 g/mol. The van der Waals surface area contributed by atoms with E-state index in [0.717, 1.165) is 31.6 Å². The summed E-state index contributed by atoms with van der Waals surface area (Å²) < 4.78 is 5.71. The number of aromatic nitrogens is 2. The van der Waals surface area contributed by atoms with E-state index in [9.17, 15) is 10.1 Å². The van der Waals surface area contributed by atoms with E-state index in [4.69, 9.17) is 16.3 Å². The van der Waals surface area contributed by atoms with Gasteiger partial charge in [0.1, 0.15) is 16.5 Å². The minimum Gasteiger partial charge on any atom is -0.494 e. The van der Waals surface area contributed by atoms with Crippen LogP contribution in [0.4, 0.5) is 34.5 Å². The molecule has 5 rings (SSSR count). The van der Waals surface area contributed by atoms with Crippen LogP contribution >= 0.6 is 19.5 Å². The smallest absolute Gasteiger partial charge is 0.294 e. The first-order valence-corrected chi connectivity index (χ1v) is 17.3. The van der Waals surface area contributed by atoms with Crippen molar-refractivity contribution in [3.8, 4) is 5.75 Å². The van der Waals surface area contributed by atoms with Gasteiger partial charge in [0, 0.05) is 37.0 Å². The molecular formula is C31H41ClN7O3P. The summed E-state index contributed by atoms with van der Waals surface area (Å²) in [5.41, 5.74) is 2.29. The number of nitrogens with zero attached hydrogens (tertiary/aromatic N) is 5. The van der Waals surface area contributed by atoms with E-state index >= 15 is 0 Å². The van der Waals surface area contributed by atoms with Gasteiger partial charge >= 0.3 is 0 Å². The summed E-state index contributed by atoms with van der Waals surface area (Å²) in [5.74, 6) is 1.16. The Balaban J connectivity index is 1.36. The molecule has 230 valence electrons. The number of methoxy groups -OCH3 is 1. The molecule has 12 heteroatoms. The SMILES string of the molecule is COc1cc(N2CCC3(CCC(N(C)C)CC3)CC2)c([N+](=O)[O-])cc1Nc1ncc(Cl)c(Nc2ccccc2P(C)C)n1. The van der Waals surface area contributed by atoms with Gasteiger partial charge in [0.2, 0.25) is 5.95 Å². The second-order valence-corrected chi connectivity index (χ2v) is 14.7. The van der Waals surface area contributed by atoms with Crippen LogP contribution in [0.3, 0.4) is 0 Å². The van der Waals surface area contributed by atoms with Crippen LogP contribution in [0.15, 0.2) is 42.6 Å². The molecule has 43 heavy (non-hydrogen) atoms. The van der Waals surface area contributed by atoms with Gasteiger partial charge in [-0.1, -0.05) is 37.7 Å². The summed E-state index contributed by atoms with van der Waals surface area (Å²) in [7, 11) is 5.54. The van der Waals surface area contributed by atoms with E-state index in [-0.39, 0.29) is 24.5 Å². The van der Waals surface area contributed by atoms with E-state index in [1.165, 1.54) is 43.3 Å². The maximum Gasteiger partial charge on any atom is 0.294 e. The lowest BCUT2D eigenvalue weighted by atomic mass is 9.66. The Labute approximate surface area is 260 Å². The zero-order valence-electron chi connectivity index (χ0n) is 25.6. The van der Waals surface area contributed by atoms with Crippen molar-refractivity contribution in [2.75, 3.05) is 63.2 Å². The number of nitro groups is 1. The molecule has 1 saturated heterocycles. The number of rotatable bonds is 9. The van der Waals surface area contributed by atoms with Crippen molar-refractivity contribution < 1.29 is 9.66 Å². The fourth-order valence-corrected chi connectivity index (χ4v) is 7.54. The number of halogens is 1. The van der Waals surface area contributed by atoms with Crippen LogP contribution in [0.2, 0.25) is 5.02 Å². The third-order valence-corrected chi connectivity index (χ3v) is 10.7. The number of para-hydroxylation sites is 1. The van der Waals surface area contributed by atoms with Crippen molar-refractivity contribution in [3.05, 3.63) is 57.7 Å². The molecule has 0 unspecified atom stereocenters. The molecule has 2 aromatic carbocycles. The Kier molecular flexibility index (Phi) is 9.59. The molecule has 1 aromatic heterocycles. The lowest BCUT2D eigenvalue weighted by Gasteiger charge is -2.47. The van der Waals surface area contributed by atoms with Crippen LogP contribution in [0.5, 0.6) is 5.75 Å². The molecule has 1 aliphatic carbocycles. The highest BCUT2D eigenvalue weighted by molar-refractivity contribution is 7.64. The van der Waals surface area contributed by atoms with Gasteiger partial charge in [-0.15, -0.1) is 0 Å². The molecule has 0 radical (unpaired) electrons. The van der Waals surface area contributed by atoms with Crippen LogP contribution < -0.4 is 25.6 Å². The lowest BCUT2D eigenvalue weighted by Crippen LogP contribution is -2.44. The fourth-order valence-electron chi connectivity index (χ4n) is 6.41. The molecule has 1 aliphatic heterocycles. The van der Waals surface area contributed by atoms with Crippen LogP contribution in [-0.2, 0) is 0 Å². The average molecular weight is 626 g/mol. The predicted molar refractivity (Wildman–Crippen MR) is 178 cm³/mol. The molecule has 3 aromatic rings. The number of nitro benzene ring substituents is 1. The first-order valence-electron chi connectivity index (χ1n) is 14.7. The van der Waals surface area contributed by atoms with Crippen molar-refractivity contribution in [3.63, 3.8) is 0 Å². The number of nitrogens with one attached hydrogen (secondary N) is 2. The van der Waals surface area contributed by atoms with Gasteiger partial charge in [0.25, 0.3) is 5.69 Å². The molecule has 2 N–H and O–H groups in total. The highest BCUT2D eigenvalue weighted by Crippen LogP contribution is 2.48. The van der Waals surface area contributed by atoms with E-state index in [2.05, 4.69) is 63.9 Å². The molecule has 0 atom stereocenters. The topological polar surface area (TPSA) is 109 Å². The van der Waals surface area contributed by atoms with Crippen LogP contribution in [-0.4, -0.2) is 73.5 Å². The van der Waals surface area contributed by atoms with Gasteiger partial charge in [-0.2, -0.15) is 4.98 Å². The molecule has 2 heterocycles. The summed E-state index contributed by atoms with van der Waals surface area (Å²) in [6, 6.07) is 12.0. The summed E-state index contributed by atoms with van der Waals surface area (Å²) in [6.45, 7) is 5.95. The van der Waals surface area contributed by atoms with E-state index in [1.54, 1.807) is 13.2 Å². The van der Waals surface area contributed by atoms with Crippen LogP contribution in [0, 0.1) is 15.5 Å². The predicted octanol–water partition coefficient (Wildman–Crippen LogP) is 6.99. The third-order valence-electron chi connectivity index (χ3n) is 9.03. The Morgan fingerprint density at radius 2 is 1.79 bits per heavy atom. The first kappa shape index (κ1) is 31.2. The second kappa shape index (κ2) is 13.2. The fraction of sp³-hybridized carbons (Fsp3) is 0.484. The molecule has 0 amide bonds. The van der Waals surface area contributed by atoms with Crippen molar-refractivity contribution in [1.29, 1.82) is 0 Å². The Hall–Kier alpha value is -3.20. The van der Waals surface area contributed by atoms with Crippen molar-refractivity contribution in [1.82, 2.24) is 14.9 Å². The van der Waals surface area contributed by atoms with Gasteiger partial charge in [-0.3, -0.25) is 10.1 Å². The summed E-state index contributed by atoms with van der Waals surface area (Å²) in [4.78, 5) is 25.4. The Morgan fingerprint density at radius 1 is 1.09 bits per heavy atom. The zero-order valence-corrected chi connectivity index (χ0v) is 27.2. The highest BCUT2D eigenvalue weighted by Gasteiger charge is 2.39. The normalized spacial score (nSPS) is 17.0. The van der Waals surface area contributed by atoms with E-state index < -0.39 is 0 Å². The molecule has 2 aliphatic rings. The maximum atomic E-state index is 12.3.